The zero-order valence-corrected chi connectivity index (χ0v) is 10.3. The Hall–Kier alpha value is -0.150. The molecule has 0 aliphatic carbocycles. The van der Waals surface area contributed by atoms with Gasteiger partial charge in [0.05, 0.1) is 0 Å². The first-order valence-corrected chi connectivity index (χ1v) is 5.75. The Balaban J connectivity index is 3.17. The average Bonchev–Trinajstić information content (AvgIpc) is 2.12. The number of aryl methyl sites for hydroxylation is 1. The van der Waals surface area contributed by atoms with Crippen LogP contribution in [0.15, 0.2) is 22.7 Å². The molecular weight excluding hydrogens is 299 g/mol. The van der Waals surface area contributed by atoms with E-state index >= 15 is 0 Å². The van der Waals surface area contributed by atoms with Crippen LogP contribution in [0.2, 0.25) is 0 Å². The molecule has 0 amide bonds. The molecule has 0 atom stereocenters. The summed E-state index contributed by atoms with van der Waals surface area (Å²) >= 11 is 6.60. The Labute approximate surface area is 94.1 Å². The van der Waals surface area contributed by atoms with E-state index in [0.29, 0.717) is 5.56 Å². The molecule has 0 aliphatic heterocycles. The second-order valence-corrected chi connectivity index (χ2v) is 4.09. The summed E-state index contributed by atoms with van der Waals surface area (Å²) in [6, 6.07) is 3.24. The van der Waals surface area contributed by atoms with Gasteiger partial charge in [0.1, 0.15) is 5.82 Å². The minimum atomic E-state index is -0.199. The molecule has 13 heavy (non-hydrogen) atoms. The Morgan fingerprint density at radius 3 is 2.77 bits per heavy atom. The first kappa shape index (κ1) is 10.9. The van der Waals surface area contributed by atoms with E-state index in [4.69, 9.17) is 0 Å². The smallest absolute Gasteiger partial charge is 0.131 e. The molecule has 1 rings (SSSR count). The largest absolute Gasteiger partial charge is 0.206 e. The Kier molecular flexibility index (Phi) is 4.13. The highest BCUT2D eigenvalue weighted by Gasteiger charge is 2.05. The molecule has 1 aromatic rings. The molecule has 0 spiro atoms. The molecule has 3 heteroatoms. The zero-order chi connectivity index (χ0) is 9.84. The van der Waals surface area contributed by atoms with Gasteiger partial charge in [-0.15, -0.1) is 0 Å². The summed E-state index contributed by atoms with van der Waals surface area (Å²) in [6.07, 6.45) is 3.63. The van der Waals surface area contributed by atoms with E-state index in [1.807, 2.05) is 13.0 Å². The summed E-state index contributed by atoms with van der Waals surface area (Å²) in [7, 11) is 0. The Bertz CT molecular complexity index is 332. The predicted octanol–water partition coefficient (Wildman–Crippen LogP) is 4.30. The van der Waals surface area contributed by atoms with Crippen LogP contribution >= 0.6 is 31.9 Å². The van der Waals surface area contributed by atoms with Gasteiger partial charge in [0.15, 0.2) is 0 Å². The van der Waals surface area contributed by atoms with Gasteiger partial charge in [-0.05, 0) is 34.5 Å². The number of allylic oxidation sites excluding steroid dienone is 1. The second kappa shape index (κ2) is 4.91. The van der Waals surface area contributed by atoms with Crippen LogP contribution in [0.5, 0.6) is 0 Å². The van der Waals surface area contributed by atoms with Gasteiger partial charge in [-0.2, -0.15) is 0 Å². The van der Waals surface area contributed by atoms with Crippen molar-refractivity contribution in [3.63, 3.8) is 0 Å². The summed E-state index contributed by atoms with van der Waals surface area (Å²) in [5.41, 5.74) is 1.65. The molecule has 0 fully saturated rings. The van der Waals surface area contributed by atoms with Crippen molar-refractivity contribution in [3.8, 4) is 0 Å². The highest BCUT2D eigenvalue weighted by molar-refractivity contribution is 9.10. The first-order chi connectivity index (χ1) is 6.16. The molecule has 0 nitrogen and oxygen atoms in total. The number of rotatable bonds is 2. The number of hydrogen-bond donors (Lipinski definition) is 0. The summed E-state index contributed by atoms with van der Waals surface area (Å²) in [5, 5.41) is 0.729. The van der Waals surface area contributed by atoms with E-state index in [1.165, 1.54) is 6.07 Å². The van der Waals surface area contributed by atoms with Crippen molar-refractivity contribution in [2.24, 2.45) is 0 Å². The van der Waals surface area contributed by atoms with E-state index in [-0.39, 0.29) is 5.82 Å². The minimum absolute atomic E-state index is 0.199. The maximum atomic E-state index is 13.3. The quantitative estimate of drug-likeness (QED) is 0.714. The molecule has 0 bridgehead atoms. The van der Waals surface area contributed by atoms with E-state index in [9.17, 15) is 4.39 Å². The number of halogens is 3. The summed E-state index contributed by atoms with van der Waals surface area (Å²) in [6.45, 7) is 1.94. The van der Waals surface area contributed by atoms with Crippen molar-refractivity contribution < 1.29 is 4.39 Å². The lowest BCUT2D eigenvalue weighted by Gasteiger charge is -2.03. The highest BCUT2D eigenvalue weighted by Crippen LogP contribution is 2.25. The van der Waals surface area contributed by atoms with Gasteiger partial charge in [-0.1, -0.05) is 34.1 Å². The first-order valence-electron chi connectivity index (χ1n) is 3.84. The normalized spacial score (nSPS) is 11.1. The molecule has 70 valence electrons. The number of benzene rings is 1. The second-order valence-electron chi connectivity index (χ2n) is 2.65. The van der Waals surface area contributed by atoms with Crippen LogP contribution in [0, 0.1) is 12.7 Å². The third-order valence-electron chi connectivity index (χ3n) is 1.69. The van der Waals surface area contributed by atoms with Gasteiger partial charge in [0, 0.05) is 15.4 Å². The SMILES string of the molecule is Cc1ccc(F)c(C=CCBr)c1Br. The van der Waals surface area contributed by atoms with Gasteiger partial charge >= 0.3 is 0 Å². The van der Waals surface area contributed by atoms with Crippen LogP contribution in [0.25, 0.3) is 6.08 Å². The lowest BCUT2D eigenvalue weighted by Crippen LogP contribution is -1.87. The lowest BCUT2D eigenvalue weighted by atomic mass is 10.1. The summed E-state index contributed by atoms with van der Waals surface area (Å²) in [5.74, 6) is -0.199. The molecular formula is C10H9Br2F. The Morgan fingerprint density at radius 1 is 1.46 bits per heavy atom. The third kappa shape index (κ3) is 2.64. The minimum Gasteiger partial charge on any atom is -0.206 e. The van der Waals surface area contributed by atoms with Crippen molar-refractivity contribution >= 4 is 37.9 Å². The van der Waals surface area contributed by atoms with Crippen molar-refractivity contribution in [3.05, 3.63) is 39.6 Å². The van der Waals surface area contributed by atoms with Gasteiger partial charge < -0.3 is 0 Å². The van der Waals surface area contributed by atoms with Gasteiger partial charge in [-0.25, -0.2) is 4.39 Å². The van der Waals surface area contributed by atoms with Crippen LogP contribution < -0.4 is 0 Å². The van der Waals surface area contributed by atoms with Crippen molar-refractivity contribution in [2.45, 2.75) is 6.92 Å². The van der Waals surface area contributed by atoms with Crippen molar-refractivity contribution in [2.75, 3.05) is 5.33 Å². The maximum Gasteiger partial charge on any atom is 0.131 e. The highest BCUT2D eigenvalue weighted by atomic mass is 79.9. The molecule has 0 aliphatic rings. The number of hydrogen-bond acceptors (Lipinski definition) is 0. The molecule has 0 unspecified atom stereocenters. The van der Waals surface area contributed by atoms with E-state index in [2.05, 4.69) is 31.9 Å². The standard InChI is InChI=1S/C10H9Br2F/c1-7-4-5-9(13)8(10(7)12)3-2-6-11/h2-5H,6H2,1H3. The monoisotopic (exact) mass is 306 g/mol. The van der Waals surface area contributed by atoms with E-state index < -0.39 is 0 Å². The van der Waals surface area contributed by atoms with Gasteiger partial charge in [0.25, 0.3) is 0 Å². The third-order valence-corrected chi connectivity index (χ3v) is 3.12. The fraction of sp³-hybridized carbons (Fsp3) is 0.200. The number of alkyl halides is 1. The molecule has 0 N–H and O–H groups in total. The molecule has 1 aromatic carbocycles. The fourth-order valence-corrected chi connectivity index (χ4v) is 1.63. The van der Waals surface area contributed by atoms with Crippen LogP contribution in [0.4, 0.5) is 4.39 Å². The van der Waals surface area contributed by atoms with Gasteiger partial charge in [-0.3, -0.25) is 0 Å². The van der Waals surface area contributed by atoms with Crippen LogP contribution in [-0.2, 0) is 0 Å². The lowest BCUT2D eigenvalue weighted by molar-refractivity contribution is 0.623. The molecule has 0 saturated heterocycles. The van der Waals surface area contributed by atoms with E-state index in [1.54, 1.807) is 12.1 Å². The Morgan fingerprint density at radius 2 is 2.15 bits per heavy atom. The maximum absolute atomic E-state index is 13.3. The van der Waals surface area contributed by atoms with E-state index in [0.717, 1.165) is 15.4 Å². The topological polar surface area (TPSA) is 0 Å². The summed E-state index contributed by atoms with van der Waals surface area (Å²) in [4.78, 5) is 0. The average molecular weight is 308 g/mol. The molecule has 0 aromatic heterocycles. The zero-order valence-electron chi connectivity index (χ0n) is 7.15. The predicted molar refractivity (Wildman–Crippen MR) is 61.7 cm³/mol. The molecule has 0 radical (unpaired) electrons. The molecule has 0 saturated carbocycles. The summed E-state index contributed by atoms with van der Waals surface area (Å²) < 4.78 is 14.1. The van der Waals surface area contributed by atoms with Crippen LogP contribution in [0.3, 0.4) is 0 Å². The van der Waals surface area contributed by atoms with Crippen LogP contribution in [0.1, 0.15) is 11.1 Å². The van der Waals surface area contributed by atoms with Gasteiger partial charge in [0.2, 0.25) is 0 Å². The fourth-order valence-electron chi connectivity index (χ4n) is 0.994. The van der Waals surface area contributed by atoms with Crippen molar-refractivity contribution in [1.29, 1.82) is 0 Å². The van der Waals surface area contributed by atoms with Crippen LogP contribution in [-0.4, -0.2) is 5.33 Å². The molecule has 0 heterocycles. The van der Waals surface area contributed by atoms with Crippen molar-refractivity contribution in [1.82, 2.24) is 0 Å².